The van der Waals surface area contributed by atoms with E-state index in [0.717, 1.165) is 19.4 Å². The third-order valence-electron chi connectivity index (χ3n) is 4.73. The van der Waals surface area contributed by atoms with Crippen LogP contribution in [0.3, 0.4) is 0 Å². The van der Waals surface area contributed by atoms with Crippen LogP contribution in [0.15, 0.2) is 24.3 Å². The summed E-state index contributed by atoms with van der Waals surface area (Å²) < 4.78 is 5.99. The maximum atomic E-state index is 6.48. The van der Waals surface area contributed by atoms with Gasteiger partial charge in [-0.05, 0) is 50.5 Å². The van der Waals surface area contributed by atoms with E-state index in [1.807, 2.05) is 0 Å². The Bertz CT molecular complexity index is 425. The van der Waals surface area contributed by atoms with Crippen LogP contribution < -0.4 is 5.73 Å². The molecule has 2 unspecified atom stereocenters. The number of hydrogen-bond acceptors (Lipinski definition) is 2. The summed E-state index contributed by atoms with van der Waals surface area (Å²) in [5.74, 6) is 0.584. The van der Waals surface area contributed by atoms with E-state index in [1.54, 1.807) is 0 Å². The van der Waals surface area contributed by atoms with E-state index in [1.165, 1.54) is 30.4 Å². The number of hydrogen-bond donors (Lipinski definition) is 1. The van der Waals surface area contributed by atoms with Crippen molar-refractivity contribution in [3.8, 4) is 0 Å². The molecule has 2 nitrogen and oxygen atoms in total. The topological polar surface area (TPSA) is 35.2 Å². The lowest BCUT2D eigenvalue weighted by Gasteiger charge is -2.48. The van der Waals surface area contributed by atoms with E-state index in [4.69, 9.17) is 10.5 Å². The lowest BCUT2D eigenvalue weighted by atomic mass is 9.70. The Hall–Kier alpha value is -0.860. The van der Waals surface area contributed by atoms with E-state index in [0.29, 0.717) is 5.92 Å². The molecule has 1 spiro atoms. The van der Waals surface area contributed by atoms with E-state index >= 15 is 0 Å². The highest BCUT2D eigenvalue weighted by Gasteiger charge is 2.43. The molecular weight excluding hydrogens is 222 g/mol. The molecule has 1 saturated heterocycles. The number of aryl methyl sites for hydroxylation is 1. The zero-order valence-corrected chi connectivity index (χ0v) is 11.2. The van der Waals surface area contributed by atoms with Gasteiger partial charge in [-0.15, -0.1) is 0 Å². The van der Waals surface area contributed by atoms with Gasteiger partial charge in [-0.2, -0.15) is 0 Å². The molecule has 0 radical (unpaired) electrons. The molecule has 18 heavy (non-hydrogen) atoms. The molecule has 2 fully saturated rings. The predicted molar refractivity (Wildman–Crippen MR) is 73.4 cm³/mol. The second-order valence-electron chi connectivity index (χ2n) is 6.08. The first-order chi connectivity index (χ1) is 8.69. The second-order valence-corrected chi connectivity index (χ2v) is 6.08. The van der Waals surface area contributed by atoms with Gasteiger partial charge >= 0.3 is 0 Å². The van der Waals surface area contributed by atoms with Gasteiger partial charge in [0.2, 0.25) is 0 Å². The lowest BCUT2D eigenvalue weighted by Crippen LogP contribution is -2.47. The molecule has 1 aliphatic heterocycles. The molecule has 0 amide bonds. The Kier molecular flexibility index (Phi) is 3.16. The first-order valence-corrected chi connectivity index (χ1v) is 7.15. The predicted octanol–water partition coefficient (Wildman–Crippen LogP) is 3.34. The molecule has 2 heteroatoms. The van der Waals surface area contributed by atoms with Crippen LogP contribution in [0.1, 0.15) is 49.3 Å². The van der Waals surface area contributed by atoms with Crippen LogP contribution in [0.4, 0.5) is 0 Å². The minimum Gasteiger partial charge on any atom is -0.375 e. The van der Waals surface area contributed by atoms with Crippen molar-refractivity contribution < 1.29 is 4.74 Å². The summed E-state index contributed by atoms with van der Waals surface area (Å²) >= 11 is 0. The van der Waals surface area contributed by atoms with Crippen LogP contribution >= 0.6 is 0 Å². The SMILES string of the molecule is Cc1cccc(C(N)C2CCOC3(CCC3)C2)c1. The average Bonchev–Trinajstić information content (AvgIpc) is 2.36. The summed E-state index contributed by atoms with van der Waals surface area (Å²) in [5, 5.41) is 0. The Morgan fingerprint density at radius 1 is 1.39 bits per heavy atom. The molecule has 1 saturated carbocycles. The fourth-order valence-electron chi connectivity index (χ4n) is 3.44. The normalized spacial score (nSPS) is 27.8. The van der Waals surface area contributed by atoms with E-state index < -0.39 is 0 Å². The third-order valence-corrected chi connectivity index (χ3v) is 4.73. The van der Waals surface area contributed by atoms with Crippen molar-refractivity contribution in [3.05, 3.63) is 35.4 Å². The molecule has 0 bridgehead atoms. The Morgan fingerprint density at radius 2 is 2.22 bits per heavy atom. The van der Waals surface area contributed by atoms with Crippen molar-refractivity contribution in [2.75, 3.05) is 6.61 Å². The zero-order valence-electron chi connectivity index (χ0n) is 11.2. The number of ether oxygens (including phenoxy) is 1. The fraction of sp³-hybridized carbons (Fsp3) is 0.625. The van der Waals surface area contributed by atoms with Crippen molar-refractivity contribution in [2.45, 2.75) is 50.7 Å². The Balaban J connectivity index is 1.73. The second kappa shape index (κ2) is 4.67. The van der Waals surface area contributed by atoms with Gasteiger partial charge in [-0.1, -0.05) is 29.8 Å². The van der Waals surface area contributed by atoms with Gasteiger partial charge in [0.15, 0.2) is 0 Å². The van der Waals surface area contributed by atoms with Gasteiger partial charge in [0.1, 0.15) is 0 Å². The fourth-order valence-corrected chi connectivity index (χ4v) is 3.44. The minimum absolute atomic E-state index is 0.172. The van der Waals surface area contributed by atoms with E-state index in [2.05, 4.69) is 31.2 Å². The highest BCUT2D eigenvalue weighted by molar-refractivity contribution is 5.25. The van der Waals surface area contributed by atoms with E-state index in [9.17, 15) is 0 Å². The van der Waals surface area contributed by atoms with Crippen molar-refractivity contribution in [2.24, 2.45) is 11.7 Å². The van der Waals surface area contributed by atoms with Gasteiger partial charge < -0.3 is 10.5 Å². The average molecular weight is 245 g/mol. The van der Waals surface area contributed by atoms with Gasteiger partial charge in [-0.25, -0.2) is 0 Å². The maximum Gasteiger partial charge on any atom is 0.0686 e. The summed E-state index contributed by atoms with van der Waals surface area (Å²) in [7, 11) is 0. The van der Waals surface area contributed by atoms with E-state index in [-0.39, 0.29) is 11.6 Å². The lowest BCUT2D eigenvalue weighted by molar-refractivity contribution is -0.146. The third kappa shape index (κ3) is 2.19. The van der Waals surface area contributed by atoms with Crippen LogP contribution in [0.2, 0.25) is 0 Å². The number of benzene rings is 1. The molecule has 2 N–H and O–H groups in total. The Labute approximate surface area is 110 Å². The summed E-state index contributed by atoms with van der Waals surface area (Å²) in [4.78, 5) is 0. The highest BCUT2D eigenvalue weighted by Crippen LogP contribution is 2.46. The van der Waals surface area contributed by atoms with Crippen LogP contribution in [-0.2, 0) is 4.74 Å². The van der Waals surface area contributed by atoms with Gasteiger partial charge in [0, 0.05) is 12.6 Å². The molecule has 2 atom stereocenters. The van der Waals surface area contributed by atoms with Gasteiger partial charge in [0.05, 0.1) is 5.60 Å². The molecule has 1 aromatic carbocycles. The van der Waals surface area contributed by atoms with Crippen molar-refractivity contribution >= 4 is 0 Å². The van der Waals surface area contributed by atoms with Crippen LogP contribution in [-0.4, -0.2) is 12.2 Å². The van der Waals surface area contributed by atoms with Gasteiger partial charge in [-0.3, -0.25) is 0 Å². The van der Waals surface area contributed by atoms with Crippen LogP contribution in [0.5, 0.6) is 0 Å². The van der Waals surface area contributed by atoms with Crippen LogP contribution in [0.25, 0.3) is 0 Å². The van der Waals surface area contributed by atoms with Crippen molar-refractivity contribution in [1.82, 2.24) is 0 Å². The summed E-state index contributed by atoms with van der Waals surface area (Å²) in [6.07, 6.45) is 6.07. The molecule has 0 aromatic heterocycles. The van der Waals surface area contributed by atoms with Crippen molar-refractivity contribution in [3.63, 3.8) is 0 Å². The maximum absolute atomic E-state index is 6.48. The molecule has 98 valence electrons. The number of nitrogens with two attached hydrogens (primary N) is 1. The molecule has 1 heterocycles. The standard InChI is InChI=1S/C16H23NO/c1-12-4-2-5-13(10-12)15(17)14-6-9-18-16(11-14)7-3-8-16/h2,4-5,10,14-15H,3,6-9,11,17H2,1H3. The Morgan fingerprint density at radius 3 is 2.89 bits per heavy atom. The first-order valence-electron chi connectivity index (χ1n) is 7.15. The van der Waals surface area contributed by atoms with Crippen LogP contribution in [0, 0.1) is 12.8 Å². The molecule has 2 aliphatic rings. The summed E-state index contributed by atoms with van der Waals surface area (Å²) in [6, 6.07) is 8.82. The molecule has 3 rings (SSSR count). The molecule has 1 aromatic rings. The van der Waals surface area contributed by atoms with Crippen molar-refractivity contribution in [1.29, 1.82) is 0 Å². The molecular formula is C16H23NO. The summed E-state index contributed by atoms with van der Waals surface area (Å²) in [5.41, 5.74) is 9.27. The first kappa shape index (κ1) is 12.2. The minimum atomic E-state index is 0.172. The van der Waals surface area contributed by atoms with Gasteiger partial charge in [0.25, 0.3) is 0 Å². The quantitative estimate of drug-likeness (QED) is 0.867. The molecule has 1 aliphatic carbocycles. The zero-order chi connectivity index (χ0) is 12.6. The smallest absolute Gasteiger partial charge is 0.0686 e. The largest absolute Gasteiger partial charge is 0.375 e. The number of rotatable bonds is 2. The monoisotopic (exact) mass is 245 g/mol. The summed E-state index contributed by atoms with van der Waals surface area (Å²) in [6.45, 7) is 3.03. The highest BCUT2D eigenvalue weighted by atomic mass is 16.5.